The van der Waals surface area contributed by atoms with Crippen molar-refractivity contribution in [2.75, 3.05) is 0 Å². The summed E-state index contributed by atoms with van der Waals surface area (Å²) in [6.07, 6.45) is 0.504. The Morgan fingerprint density at radius 2 is 1.67 bits per heavy atom. The summed E-state index contributed by atoms with van der Waals surface area (Å²) in [5.41, 5.74) is 4.36. The summed E-state index contributed by atoms with van der Waals surface area (Å²) in [6.45, 7) is 3.78. The zero-order valence-electron chi connectivity index (χ0n) is 17.9. The highest BCUT2D eigenvalue weighted by atomic mass is 19.4. The van der Waals surface area contributed by atoms with Gasteiger partial charge < -0.3 is 4.57 Å². The molecule has 0 bridgehead atoms. The van der Waals surface area contributed by atoms with E-state index in [0.29, 0.717) is 22.3 Å². The SMILES string of the molecule is Cc1ccc(-c2cn(-c3cccc4c(-c5ccccc5C)cc(C(F)(F)F)nc34)cn2)cn1. The van der Waals surface area contributed by atoms with Gasteiger partial charge in [-0.15, -0.1) is 0 Å². The van der Waals surface area contributed by atoms with Gasteiger partial charge >= 0.3 is 6.18 Å². The van der Waals surface area contributed by atoms with Crippen LogP contribution in [0.25, 0.3) is 39.0 Å². The third-order valence-corrected chi connectivity index (χ3v) is 5.61. The second-order valence-electron chi connectivity index (χ2n) is 7.90. The molecule has 2 aromatic carbocycles. The average Bonchev–Trinajstić information content (AvgIpc) is 3.28. The summed E-state index contributed by atoms with van der Waals surface area (Å²) in [5, 5.41) is 0.641. The highest BCUT2D eigenvalue weighted by Gasteiger charge is 2.34. The van der Waals surface area contributed by atoms with Crippen molar-refractivity contribution in [1.29, 1.82) is 0 Å². The Bertz CT molecular complexity index is 1470. The molecule has 0 aliphatic carbocycles. The molecule has 0 saturated heterocycles. The number of imidazole rings is 1. The fraction of sp³-hybridized carbons (Fsp3) is 0.115. The Morgan fingerprint density at radius 3 is 2.39 bits per heavy atom. The zero-order chi connectivity index (χ0) is 23.2. The number of para-hydroxylation sites is 1. The second kappa shape index (κ2) is 7.85. The predicted octanol–water partition coefficient (Wildman–Crippen LogP) is 6.79. The normalized spacial score (nSPS) is 11.8. The number of nitrogens with zero attached hydrogens (tertiary/aromatic N) is 4. The van der Waals surface area contributed by atoms with Crippen molar-refractivity contribution in [2.45, 2.75) is 20.0 Å². The summed E-state index contributed by atoms with van der Waals surface area (Å²) in [5.74, 6) is 0. The first-order valence-electron chi connectivity index (χ1n) is 10.4. The van der Waals surface area contributed by atoms with Crippen molar-refractivity contribution in [1.82, 2.24) is 19.5 Å². The minimum atomic E-state index is -4.58. The van der Waals surface area contributed by atoms with Gasteiger partial charge in [0.15, 0.2) is 0 Å². The lowest BCUT2D eigenvalue weighted by atomic mass is 9.96. The summed E-state index contributed by atoms with van der Waals surface area (Å²) >= 11 is 0. The van der Waals surface area contributed by atoms with Crippen LogP contribution < -0.4 is 0 Å². The standard InChI is InChI=1S/C26H19F3N4/c1-16-6-3-4-7-19(16)21-12-24(26(27,28)29)32-25-20(21)8-5-9-23(25)33-14-22(31-15-33)18-11-10-17(2)30-13-18/h3-15H,1-2H3. The van der Waals surface area contributed by atoms with Crippen LogP contribution in [0.1, 0.15) is 17.0 Å². The predicted molar refractivity (Wildman–Crippen MR) is 122 cm³/mol. The number of rotatable bonds is 3. The first-order chi connectivity index (χ1) is 15.8. The maximum atomic E-state index is 13.8. The summed E-state index contributed by atoms with van der Waals surface area (Å²) in [6, 6.07) is 17.7. The van der Waals surface area contributed by atoms with E-state index in [2.05, 4.69) is 15.0 Å². The monoisotopic (exact) mass is 444 g/mol. The van der Waals surface area contributed by atoms with Gasteiger partial charge in [0.05, 0.1) is 23.2 Å². The quantitative estimate of drug-likeness (QED) is 0.308. The number of pyridine rings is 2. The van der Waals surface area contributed by atoms with Crippen molar-refractivity contribution in [3.8, 4) is 28.1 Å². The van der Waals surface area contributed by atoms with Gasteiger partial charge in [-0.25, -0.2) is 9.97 Å². The zero-order valence-corrected chi connectivity index (χ0v) is 17.9. The molecule has 7 heteroatoms. The number of hydrogen-bond acceptors (Lipinski definition) is 3. The molecule has 0 saturated carbocycles. The van der Waals surface area contributed by atoms with E-state index in [1.807, 2.05) is 56.3 Å². The van der Waals surface area contributed by atoms with Crippen LogP contribution >= 0.6 is 0 Å². The molecular formula is C26H19F3N4. The molecule has 0 radical (unpaired) electrons. The Labute approximate surface area is 188 Å². The lowest BCUT2D eigenvalue weighted by Crippen LogP contribution is -2.09. The lowest BCUT2D eigenvalue weighted by molar-refractivity contribution is -0.140. The summed E-state index contributed by atoms with van der Waals surface area (Å²) in [7, 11) is 0. The number of fused-ring (bicyclic) bond motifs is 1. The van der Waals surface area contributed by atoms with Crippen LogP contribution in [-0.2, 0) is 6.18 Å². The Kier molecular flexibility index (Phi) is 4.96. The van der Waals surface area contributed by atoms with Crippen molar-refractivity contribution < 1.29 is 13.2 Å². The van der Waals surface area contributed by atoms with Gasteiger partial charge in [-0.2, -0.15) is 13.2 Å². The summed E-state index contributed by atoms with van der Waals surface area (Å²) in [4.78, 5) is 12.8. The average molecular weight is 444 g/mol. The second-order valence-corrected chi connectivity index (χ2v) is 7.90. The van der Waals surface area contributed by atoms with Gasteiger partial charge in [0, 0.05) is 29.0 Å². The van der Waals surface area contributed by atoms with E-state index < -0.39 is 11.9 Å². The molecule has 0 aliphatic rings. The number of hydrogen-bond donors (Lipinski definition) is 0. The van der Waals surface area contributed by atoms with E-state index in [1.165, 1.54) is 0 Å². The van der Waals surface area contributed by atoms with Crippen LogP contribution in [0, 0.1) is 13.8 Å². The van der Waals surface area contributed by atoms with Gasteiger partial charge in [-0.05, 0) is 54.8 Å². The van der Waals surface area contributed by atoms with E-state index >= 15 is 0 Å². The Morgan fingerprint density at radius 1 is 0.848 bits per heavy atom. The van der Waals surface area contributed by atoms with E-state index in [0.717, 1.165) is 28.5 Å². The molecule has 0 amide bonds. The van der Waals surface area contributed by atoms with Gasteiger partial charge in [-0.1, -0.05) is 36.4 Å². The Hall–Kier alpha value is -4.00. The van der Waals surface area contributed by atoms with Crippen molar-refractivity contribution in [3.63, 3.8) is 0 Å². The highest BCUT2D eigenvalue weighted by Crippen LogP contribution is 2.38. The fourth-order valence-corrected chi connectivity index (χ4v) is 3.91. The number of halogens is 3. The van der Waals surface area contributed by atoms with Crippen LogP contribution in [0.4, 0.5) is 13.2 Å². The van der Waals surface area contributed by atoms with Crippen LogP contribution in [0.3, 0.4) is 0 Å². The molecule has 3 aromatic heterocycles. The van der Waals surface area contributed by atoms with Crippen LogP contribution in [0.5, 0.6) is 0 Å². The van der Waals surface area contributed by atoms with Crippen molar-refractivity contribution in [2.24, 2.45) is 0 Å². The number of alkyl halides is 3. The molecule has 0 atom stereocenters. The van der Waals surface area contributed by atoms with Crippen LogP contribution in [-0.4, -0.2) is 19.5 Å². The van der Waals surface area contributed by atoms with Crippen LogP contribution in [0.2, 0.25) is 0 Å². The van der Waals surface area contributed by atoms with E-state index in [4.69, 9.17) is 0 Å². The number of aromatic nitrogens is 4. The number of aryl methyl sites for hydroxylation is 2. The smallest absolute Gasteiger partial charge is 0.303 e. The number of benzene rings is 2. The lowest BCUT2D eigenvalue weighted by Gasteiger charge is -2.16. The summed E-state index contributed by atoms with van der Waals surface area (Å²) < 4.78 is 43.1. The maximum absolute atomic E-state index is 13.8. The van der Waals surface area contributed by atoms with E-state index in [1.54, 1.807) is 35.4 Å². The molecule has 0 unspecified atom stereocenters. The molecule has 5 aromatic rings. The largest absolute Gasteiger partial charge is 0.433 e. The van der Waals surface area contributed by atoms with Crippen molar-refractivity contribution >= 4 is 10.9 Å². The molecule has 0 fully saturated rings. The van der Waals surface area contributed by atoms with E-state index in [9.17, 15) is 13.2 Å². The van der Waals surface area contributed by atoms with E-state index in [-0.39, 0.29) is 5.52 Å². The van der Waals surface area contributed by atoms with Crippen LogP contribution in [0.15, 0.2) is 79.4 Å². The highest BCUT2D eigenvalue weighted by molar-refractivity contribution is 5.99. The van der Waals surface area contributed by atoms with Crippen molar-refractivity contribution in [3.05, 3.63) is 96.3 Å². The third kappa shape index (κ3) is 3.86. The van der Waals surface area contributed by atoms with Gasteiger partial charge in [-0.3, -0.25) is 4.98 Å². The topological polar surface area (TPSA) is 43.6 Å². The molecule has 33 heavy (non-hydrogen) atoms. The van der Waals surface area contributed by atoms with Gasteiger partial charge in [0.2, 0.25) is 0 Å². The molecule has 4 nitrogen and oxygen atoms in total. The molecule has 0 aliphatic heterocycles. The maximum Gasteiger partial charge on any atom is 0.433 e. The Balaban J connectivity index is 1.74. The minimum Gasteiger partial charge on any atom is -0.303 e. The first-order valence-corrected chi connectivity index (χ1v) is 10.4. The third-order valence-electron chi connectivity index (χ3n) is 5.61. The van der Waals surface area contributed by atoms with Gasteiger partial charge in [0.25, 0.3) is 0 Å². The molecule has 0 spiro atoms. The molecule has 3 heterocycles. The minimum absolute atomic E-state index is 0.261. The molecule has 164 valence electrons. The molecular weight excluding hydrogens is 425 g/mol. The first kappa shape index (κ1) is 20.9. The fourth-order valence-electron chi connectivity index (χ4n) is 3.91. The van der Waals surface area contributed by atoms with Gasteiger partial charge in [0.1, 0.15) is 5.69 Å². The molecule has 0 N–H and O–H groups in total. The molecule has 5 rings (SSSR count).